The molecule has 1 fully saturated rings. The SMILES string of the molecule is CCCCC1CCC(C(N)c2cc(Br)ccc2F)CC1. The molecular weight excluding hydrogens is 317 g/mol. The molecule has 0 bridgehead atoms. The van der Waals surface area contributed by atoms with Gasteiger partial charge in [0, 0.05) is 16.1 Å². The fourth-order valence-electron chi connectivity index (χ4n) is 3.35. The maximum absolute atomic E-state index is 13.9. The second-order valence-electron chi connectivity index (χ2n) is 6.11. The Hall–Kier alpha value is -0.410. The summed E-state index contributed by atoms with van der Waals surface area (Å²) in [7, 11) is 0. The van der Waals surface area contributed by atoms with Crippen LogP contribution in [0.1, 0.15) is 63.5 Å². The van der Waals surface area contributed by atoms with Gasteiger partial charge in [0.15, 0.2) is 0 Å². The lowest BCUT2D eigenvalue weighted by Gasteiger charge is -2.32. The fraction of sp³-hybridized carbons (Fsp3) is 0.647. The molecule has 1 atom stereocenters. The van der Waals surface area contributed by atoms with Crippen LogP contribution in [0, 0.1) is 17.7 Å². The first-order valence-corrected chi connectivity index (χ1v) is 8.61. The van der Waals surface area contributed by atoms with E-state index in [1.54, 1.807) is 6.07 Å². The molecule has 20 heavy (non-hydrogen) atoms. The molecule has 0 aliphatic heterocycles. The highest BCUT2D eigenvalue weighted by Crippen LogP contribution is 2.38. The smallest absolute Gasteiger partial charge is 0.128 e. The molecule has 0 aromatic heterocycles. The molecule has 1 aromatic rings. The van der Waals surface area contributed by atoms with Crippen LogP contribution in [0.3, 0.4) is 0 Å². The summed E-state index contributed by atoms with van der Waals surface area (Å²) >= 11 is 3.40. The van der Waals surface area contributed by atoms with Gasteiger partial charge < -0.3 is 5.73 Å². The van der Waals surface area contributed by atoms with Gasteiger partial charge in [0.1, 0.15) is 5.82 Å². The van der Waals surface area contributed by atoms with Gasteiger partial charge >= 0.3 is 0 Å². The van der Waals surface area contributed by atoms with Crippen molar-refractivity contribution in [2.75, 3.05) is 0 Å². The fourth-order valence-corrected chi connectivity index (χ4v) is 3.73. The van der Waals surface area contributed by atoms with E-state index in [2.05, 4.69) is 22.9 Å². The summed E-state index contributed by atoms with van der Waals surface area (Å²) in [5.74, 6) is 1.12. The van der Waals surface area contributed by atoms with Gasteiger partial charge in [-0.15, -0.1) is 0 Å². The minimum absolute atomic E-state index is 0.167. The minimum Gasteiger partial charge on any atom is -0.324 e. The molecule has 112 valence electrons. The number of rotatable bonds is 5. The highest BCUT2D eigenvalue weighted by molar-refractivity contribution is 9.10. The molecule has 3 heteroatoms. The van der Waals surface area contributed by atoms with E-state index in [0.717, 1.165) is 23.2 Å². The van der Waals surface area contributed by atoms with Gasteiger partial charge in [-0.25, -0.2) is 4.39 Å². The third kappa shape index (κ3) is 4.05. The van der Waals surface area contributed by atoms with E-state index >= 15 is 0 Å². The first-order valence-electron chi connectivity index (χ1n) is 7.82. The van der Waals surface area contributed by atoms with E-state index in [-0.39, 0.29) is 11.9 Å². The molecule has 0 heterocycles. The van der Waals surface area contributed by atoms with E-state index in [1.807, 2.05) is 6.07 Å². The second-order valence-corrected chi connectivity index (χ2v) is 7.03. The average Bonchev–Trinajstić information content (AvgIpc) is 2.47. The predicted octanol–water partition coefficient (Wildman–Crippen LogP) is 5.58. The number of hydrogen-bond donors (Lipinski definition) is 1. The van der Waals surface area contributed by atoms with Gasteiger partial charge in [0.05, 0.1) is 0 Å². The molecule has 1 aliphatic carbocycles. The lowest BCUT2D eigenvalue weighted by Crippen LogP contribution is -2.26. The monoisotopic (exact) mass is 341 g/mol. The van der Waals surface area contributed by atoms with Crippen molar-refractivity contribution in [3.8, 4) is 0 Å². The molecule has 1 saturated carbocycles. The summed E-state index contributed by atoms with van der Waals surface area (Å²) in [5.41, 5.74) is 6.99. The van der Waals surface area contributed by atoms with Crippen molar-refractivity contribution in [2.24, 2.45) is 17.6 Å². The van der Waals surface area contributed by atoms with Crippen LogP contribution in [0.5, 0.6) is 0 Å². The van der Waals surface area contributed by atoms with Crippen LogP contribution in [-0.4, -0.2) is 0 Å². The van der Waals surface area contributed by atoms with E-state index in [1.165, 1.54) is 38.2 Å². The van der Waals surface area contributed by atoms with Crippen LogP contribution in [-0.2, 0) is 0 Å². The van der Waals surface area contributed by atoms with Crippen LogP contribution in [0.15, 0.2) is 22.7 Å². The van der Waals surface area contributed by atoms with Gasteiger partial charge in [0.2, 0.25) is 0 Å². The number of hydrogen-bond acceptors (Lipinski definition) is 1. The van der Waals surface area contributed by atoms with Crippen molar-refractivity contribution >= 4 is 15.9 Å². The van der Waals surface area contributed by atoms with Crippen LogP contribution in [0.25, 0.3) is 0 Å². The average molecular weight is 342 g/mol. The largest absolute Gasteiger partial charge is 0.324 e. The second kappa shape index (κ2) is 7.56. The van der Waals surface area contributed by atoms with E-state index in [4.69, 9.17) is 5.73 Å². The molecule has 2 N–H and O–H groups in total. The number of nitrogens with two attached hydrogens (primary N) is 1. The van der Waals surface area contributed by atoms with Crippen LogP contribution in [0.4, 0.5) is 4.39 Å². The molecular formula is C17H25BrFN. The number of unbranched alkanes of at least 4 members (excludes halogenated alkanes) is 1. The molecule has 1 aliphatic rings. The molecule has 1 aromatic carbocycles. The van der Waals surface area contributed by atoms with Crippen LogP contribution in [0.2, 0.25) is 0 Å². The quantitative estimate of drug-likeness (QED) is 0.742. The van der Waals surface area contributed by atoms with Crippen LogP contribution < -0.4 is 5.73 Å². The standard InChI is InChI=1S/C17H25BrFN/c1-2-3-4-12-5-7-13(8-6-12)17(20)15-11-14(18)9-10-16(15)19/h9-13,17H,2-8,20H2,1H3. The zero-order valence-electron chi connectivity index (χ0n) is 12.2. The number of benzene rings is 1. The minimum atomic E-state index is -0.172. The lowest BCUT2D eigenvalue weighted by atomic mass is 9.75. The molecule has 0 amide bonds. The Labute approximate surface area is 130 Å². The first-order chi connectivity index (χ1) is 9.61. The maximum atomic E-state index is 13.9. The van der Waals surface area contributed by atoms with Crippen molar-refractivity contribution in [1.82, 2.24) is 0 Å². The Balaban J connectivity index is 1.94. The number of halogens is 2. The third-order valence-electron chi connectivity index (χ3n) is 4.68. The van der Waals surface area contributed by atoms with Crippen molar-refractivity contribution in [3.05, 3.63) is 34.1 Å². The molecule has 1 unspecified atom stereocenters. The predicted molar refractivity (Wildman–Crippen MR) is 86.0 cm³/mol. The Morgan fingerprint density at radius 3 is 2.65 bits per heavy atom. The van der Waals surface area contributed by atoms with Crippen molar-refractivity contribution in [2.45, 2.75) is 57.9 Å². The molecule has 0 spiro atoms. The molecule has 0 saturated heterocycles. The molecule has 1 nitrogen and oxygen atoms in total. The van der Waals surface area contributed by atoms with Gasteiger partial charge in [0.25, 0.3) is 0 Å². The van der Waals surface area contributed by atoms with E-state index < -0.39 is 0 Å². The van der Waals surface area contributed by atoms with Gasteiger partial charge in [-0.1, -0.05) is 55.0 Å². The summed E-state index contributed by atoms with van der Waals surface area (Å²) in [6.07, 6.45) is 8.76. The summed E-state index contributed by atoms with van der Waals surface area (Å²) < 4.78 is 14.8. The lowest BCUT2D eigenvalue weighted by molar-refractivity contribution is 0.230. The van der Waals surface area contributed by atoms with E-state index in [9.17, 15) is 4.39 Å². The third-order valence-corrected chi connectivity index (χ3v) is 5.18. The Morgan fingerprint density at radius 2 is 2.00 bits per heavy atom. The van der Waals surface area contributed by atoms with Crippen molar-refractivity contribution in [3.63, 3.8) is 0 Å². The summed E-state index contributed by atoms with van der Waals surface area (Å²) in [6.45, 7) is 2.25. The normalized spacial score (nSPS) is 24.6. The van der Waals surface area contributed by atoms with Crippen molar-refractivity contribution < 1.29 is 4.39 Å². The maximum Gasteiger partial charge on any atom is 0.128 e. The Bertz CT molecular complexity index is 427. The van der Waals surface area contributed by atoms with Crippen LogP contribution >= 0.6 is 15.9 Å². The Kier molecular flexibility index (Phi) is 6.03. The summed E-state index contributed by atoms with van der Waals surface area (Å²) in [4.78, 5) is 0. The highest BCUT2D eigenvalue weighted by atomic mass is 79.9. The van der Waals surface area contributed by atoms with Gasteiger partial charge in [-0.3, -0.25) is 0 Å². The molecule has 2 rings (SSSR count). The topological polar surface area (TPSA) is 26.0 Å². The molecule has 0 radical (unpaired) electrons. The summed E-state index contributed by atoms with van der Waals surface area (Å²) in [6, 6.07) is 4.90. The summed E-state index contributed by atoms with van der Waals surface area (Å²) in [5, 5.41) is 0. The Morgan fingerprint density at radius 1 is 1.30 bits per heavy atom. The van der Waals surface area contributed by atoms with E-state index in [0.29, 0.717) is 11.5 Å². The first kappa shape index (κ1) is 16.0. The zero-order chi connectivity index (χ0) is 14.5. The van der Waals surface area contributed by atoms with Gasteiger partial charge in [-0.2, -0.15) is 0 Å². The highest BCUT2D eigenvalue weighted by Gasteiger charge is 2.27. The van der Waals surface area contributed by atoms with Gasteiger partial charge in [-0.05, 0) is 42.9 Å². The van der Waals surface area contributed by atoms with Crippen molar-refractivity contribution in [1.29, 1.82) is 0 Å². The zero-order valence-corrected chi connectivity index (χ0v) is 13.8.